The zero-order valence-electron chi connectivity index (χ0n) is 12.9. The van der Waals surface area contributed by atoms with E-state index in [1.54, 1.807) is 7.11 Å². The molecule has 0 saturated heterocycles. The predicted octanol–water partition coefficient (Wildman–Crippen LogP) is 3.55. The maximum Gasteiger partial charge on any atom is 0.119 e. The molecular formula is C18H23NO2. The Balaban J connectivity index is 2.08. The van der Waals surface area contributed by atoms with Crippen LogP contribution in [0.1, 0.15) is 50.2 Å². The van der Waals surface area contributed by atoms with E-state index in [0.29, 0.717) is 12.3 Å². The smallest absolute Gasteiger partial charge is 0.119 e. The van der Waals surface area contributed by atoms with Gasteiger partial charge in [0.25, 0.3) is 0 Å². The van der Waals surface area contributed by atoms with Crippen molar-refractivity contribution < 1.29 is 9.84 Å². The fourth-order valence-corrected chi connectivity index (χ4v) is 4.35. The molecule has 3 rings (SSSR count). The highest BCUT2D eigenvalue weighted by molar-refractivity contribution is 5.45. The molecule has 1 aromatic carbocycles. The van der Waals surface area contributed by atoms with Gasteiger partial charge in [0, 0.05) is 0 Å². The van der Waals surface area contributed by atoms with Gasteiger partial charge in [-0.05, 0) is 54.9 Å². The van der Waals surface area contributed by atoms with Crippen LogP contribution < -0.4 is 4.74 Å². The molecule has 112 valence electrons. The molecule has 0 aliphatic heterocycles. The minimum absolute atomic E-state index is 0.497. The van der Waals surface area contributed by atoms with E-state index in [2.05, 4.69) is 13.0 Å². The fourth-order valence-electron chi connectivity index (χ4n) is 4.35. The lowest BCUT2D eigenvalue weighted by molar-refractivity contribution is -0.0854. The molecule has 3 heteroatoms. The third-order valence-electron chi connectivity index (χ3n) is 5.52. The SMILES string of the molecule is COc1ccc2c(c1)C(O)(C1(C#N)CCCC(C)C1)CC2. The normalized spacial score (nSPS) is 35.0. The minimum Gasteiger partial charge on any atom is -0.497 e. The van der Waals surface area contributed by atoms with Crippen molar-refractivity contribution in [3.8, 4) is 11.8 Å². The molecule has 3 nitrogen and oxygen atoms in total. The van der Waals surface area contributed by atoms with Crippen LogP contribution >= 0.6 is 0 Å². The van der Waals surface area contributed by atoms with Crippen LogP contribution in [-0.4, -0.2) is 12.2 Å². The molecule has 0 spiro atoms. The second-order valence-corrected chi connectivity index (χ2v) is 6.78. The highest BCUT2D eigenvalue weighted by atomic mass is 16.5. The van der Waals surface area contributed by atoms with Gasteiger partial charge in [0.15, 0.2) is 0 Å². The molecule has 2 aliphatic carbocycles. The van der Waals surface area contributed by atoms with E-state index in [0.717, 1.165) is 49.0 Å². The van der Waals surface area contributed by atoms with Gasteiger partial charge in [-0.2, -0.15) is 5.26 Å². The lowest BCUT2D eigenvalue weighted by Crippen LogP contribution is -2.46. The Morgan fingerprint density at radius 1 is 1.38 bits per heavy atom. The van der Waals surface area contributed by atoms with Gasteiger partial charge in [0.05, 0.1) is 18.6 Å². The van der Waals surface area contributed by atoms with Crippen LogP contribution in [0.5, 0.6) is 5.75 Å². The first-order valence-corrected chi connectivity index (χ1v) is 7.86. The standard InChI is InChI=1S/C18H23NO2/c1-13-4-3-8-17(11-13,12-19)18(20)9-7-14-5-6-15(21-2)10-16(14)18/h5-6,10,13,20H,3-4,7-9,11H2,1-2H3. The molecule has 21 heavy (non-hydrogen) atoms. The highest BCUT2D eigenvalue weighted by Gasteiger charge is 2.56. The summed E-state index contributed by atoms with van der Waals surface area (Å²) in [6.45, 7) is 2.19. The average Bonchev–Trinajstić information content (AvgIpc) is 2.85. The molecule has 0 amide bonds. The summed E-state index contributed by atoms with van der Waals surface area (Å²) in [5.74, 6) is 1.25. The van der Waals surface area contributed by atoms with Crippen LogP contribution in [0.4, 0.5) is 0 Å². The van der Waals surface area contributed by atoms with E-state index in [9.17, 15) is 10.4 Å². The van der Waals surface area contributed by atoms with Crippen molar-refractivity contribution in [2.75, 3.05) is 7.11 Å². The summed E-state index contributed by atoms with van der Waals surface area (Å²) in [6.07, 6.45) is 5.25. The van der Waals surface area contributed by atoms with E-state index in [4.69, 9.17) is 4.74 Å². The summed E-state index contributed by atoms with van der Waals surface area (Å²) in [5, 5.41) is 21.4. The van der Waals surface area contributed by atoms with E-state index in [-0.39, 0.29) is 0 Å². The maximum atomic E-state index is 11.5. The number of hydrogen-bond donors (Lipinski definition) is 1. The topological polar surface area (TPSA) is 53.2 Å². The van der Waals surface area contributed by atoms with Crippen molar-refractivity contribution in [3.63, 3.8) is 0 Å². The number of aryl methyl sites for hydroxylation is 1. The molecule has 3 atom stereocenters. The van der Waals surface area contributed by atoms with Crippen LogP contribution in [0.25, 0.3) is 0 Å². The second kappa shape index (κ2) is 5.03. The third-order valence-corrected chi connectivity index (χ3v) is 5.52. The summed E-state index contributed by atoms with van der Waals surface area (Å²) in [5.41, 5.74) is 0.395. The Morgan fingerprint density at radius 3 is 2.86 bits per heavy atom. The number of nitrogens with zero attached hydrogens (tertiary/aromatic N) is 1. The quantitative estimate of drug-likeness (QED) is 0.904. The Bertz CT molecular complexity index is 591. The number of ether oxygens (including phenoxy) is 1. The Labute approximate surface area is 126 Å². The minimum atomic E-state index is -1.03. The van der Waals surface area contributed by atoms with Crippen molar-refractivity contribution >= 4 is 0 Å². The van der Waals surface area contributed by atoms with Gasteiger partial charge in [0.2, 0.25) is 0 Å². The zero-order chi connectivity index (χ0) is 15.1. The summed E-state index contributed by atoms with van der Waals surface area (Å²) < 4.78 is 5.31. The molecule has 3 unspecified atom stereocenters. The number of hydrogen-bond acceptors (Lipinski definition) is 3. The number of rotatable bonds is 2. The predicted molar refractivity (Wildman–Crippen MR) is 80.9 cm³/mol. The molecule has 0 radical (unpaired) electrons. The summed E-state index contributed by atoms with van der Waals surface area (Å²) in [6, 6.07) is 8.42. The molecule has 0 heterocycles. The number of methoxy groups -OCH3 is 1. The zero-order valence-corrected chi connectivity index (χ0v) is 12.9. The maximum absolute atomic E-state index is 11.5. The molecule has 1 aromatic rings. The van der Waals surface area contributed by atoms with Gasteiger partial charge in [-0.1, -0.05) is 25.8 Å². The Hall–Kier alpha value is -1.53. The molecule has 1 N–H and O–H groups in total. The van der Waals surface area contributed by atoms with Crippen molar-refractivity contribution in [1.29, 1.82) is 5.26 Å². The van der Waals surface area contributed by atoms with Gasteiger partial charge in [-0.25, -0.2) is 0 Å². The number of fused-ring (bicyclic) bond motifs is 1. The van der Waals surface area contributed by atoms with Gasteiger partial charge in [-0.3, -0.25) is 0 Å². The summed E-state index contributed by atoms with van der Waals surface area (Å²) in [7, 11) is 1.64. The first-order chi connectivity index (χ1) is 10.0. The first kappa shape index (κ1) is 14.4. The van der Waals surface area contributed by atoms with Crippen molar-refractivity contribution in [3.05, 3.63) is 29.3 Å². The molecule has 0 aromatic heterocycles. The number of aliphatic hydroxyl groups is 1. The molecule has 0 bridgehead atoms. The molecular weight excluding hydrogens is 262 g/mol. The van der Waals surface area contributed by atoms with E-state index in [1.807, 2.05) is 18.2 Å². The molecule has 1 saturated carbocycles. The van der Waals surface area contributed by atoms with Crippen LogP contribution in [0.15, 0.2) is 18.2 Å². The molecule has 2 aliphatic rings. The highest BCUT2D eigenvalue weighted by Crippen LogP contribution is 2.56. The van der Waals surface area contributed by atoms with Crippen LogP contribution in [0.3, 0.4) is 0 Å². The lowest BCUT2D eigenvalue weighted by Gasteiger charge is -2.45. The summed E-state index contributed by atoms with van der Waals surface area (Å²) >= 11 is 0. The van der Waals surface area contributed by atoms with Gasteiger partial charge >= 0.3 is 0 Å². The van der Waals surface area contributed by atoms with Crippen LogP contribution in [0, 0.1) is 22.7 Å². The fraction of sp³-hybridized carbons (Fsp3) is 0.611. The van der Waals surface area contributed by atoms with Crippen molar-refractivity contribution in [1.82, 2.24) is 0 Å². The van der Waals surface area contributed by atoms with Crippen LogP contribution in [-0.2, 0) is 12.0 Å². The average molecular weight is 285 g/mol. The largest absolute Gasteiger partial charge is 0.497 e. The Kier molecular flexibility index (Phi) is 3.45. The first-order valence-electron chi connectivity index (χ1n) is 7.86. The van der Waals surface area contributed by atoms with Crippen LogP contribution in [0.2, 0.25) is 0 Å². The van der Waals surface area contributed by atoms with Gasteiger partial charge in [0.1, 0.15) is 11.4 Å². The van der Waals surface area contributed by atoms with E-state index in [1.165, 1.54) is 0 Å². The van der Waals surface area contributed by atoms with Gasteiger partial charge < -0.3 is 9.84 Å². The van der Waals surface area contributed by atoms with Gasteiger partial charge in [-0.15, -0.1) is 0 Å². The number of nitriles is 1. The van der Waals surface area contributed by atoms with Crippen molar-refractivity contribution in [2.24, 2.45) is 11.3 Å². The second-order valence-electron chi connectivity index (χ2n) is 6.78. The van der Waals surface area contributed by atoms with E-state index >= 15 is 0 Å². The summed E-state index contributed by atoms with van der Waals surface area (Å²) in [4.78, 5) is 0. The monoisotopic (exact) mass is 285 g/mol. The Morgan fingerprint density at radius 2 is 2.19 bits per heavy atom. The third kappa shape index (κ3) is 2.05. The van der Waals surface area contributed by atoms with Crippen molar-refractivity contribution in [2.45, 2.75) is 51.0 Å². The van der Waals surface area contributed by atoms with E-state index < -0.39 is 11.0 Å². The lowest BCUT2D eigenvalue weighted by atomic mass is 9.60. The number of benzene rings is 1. The molecule has 1 fully saturated rings.